The van der Waals surface area contributed by atoms with E-state index in [1.54, 1.807) is 0 Å². The number of aromatic nitrogens is 1. The Bertz CT molecular complexity index is 409. The Morgan fingerprint density at radius 3 is 2.48 bits per heavy atom. The molecule has 4 nitrogen and oxygen atoms in total. The highest BCUT2D eigenvalue weighted by atomic mass is 15.2. The molecule has 4 heteroatoms. The van der Waals surface area contributed by atoms with E-state index >= 15 is 0 Å². The molecule has 0 saturated heterocycles. The Kier molecular flexibility index (Phi) is 7.12. The zero-order chi connectivity index (χ0) is 15.9. The third-order valence-electron chi connectivity index (χ3n) is 3.39. The first-order valence-corrected chi connectivity index (χ1v) is 7.92. The van der Waals surface area contributed by atoms with Gasteiger partial charge in [0, 0.05) is 36.9 Å². The molecule has 1 N–H and O–H groups in total. The number of pyridine rings is 1. The summed E-state index contributed by atoms with van der Waals surface area (Å²) >= 11 is 0. The number of hydrogen-bond donors (Lipinski definition) is 1. The smallest absolute Gasteiger partial charge is 0.132 e. The summed E-state index contributed by atoms with van der Waals surface area (Å²) in [6, 6.07) is 4.20. The summed E-state index contributed by atoms with van der Waals surface area (Å²) in [6.45, 7) is 12.8. The van der Waals surface area contributed by atoms with Gasteiger partial charge < -0.3 is 15.1 Å². The lowest BCUT2D eigenvalue weighted by Crippen LogP contribution is -2.36. The van der Waals surface area contributed by atoms with E-state index in [0.29, 0.717) is 0 Å². The molecule has 1 rings (SSSR count). The summed E-state index contributed by atoms with van der Waals surface area (Å²) in [7, 11) is 4.24. The molecule has 0 atom stereocenters. The molecule has 0 bridgehead atoms. The molecule has 1 aromatic heterocycles. The van der Waals surface area contributed by atoms with Gasteiger partial charge in [-0.1, -0.05) is 6.07 Å². The van der Waals surface area contributed by atoms with Gasteiger partial charge in [0.05, 0.1) is 0 Å². The van der Waals surface area contributed by atoms with E-state index in [1.165, 1.54) is 5.56 Å². The monoisotopic (exact) mass is 292 g/mol. The van der Waals surface area contributed by atoms with Crippen LogP contribution in [0.15, 0.2) is 18.3 Å². The Morgan fingerprint density at radius 1 is 1.19 bits per heavy atom. The maximum atomic E-state index is 4.62. The lowest BCUT2D eigenvalue weighted by molar-refractivity contribution is 0.400. The van der Waals surface area contributed by atoms with Gasteiger partial charge in [0.1, 0.15) is 5.82 Å². The fraction of sp³-hybridized carbons (Fsp3) is 0.706. The van der Waals surface area contributed by atoms with Crippen molar-refractivity contribution in [3.05, 3.63) is 23.9 Å². The molecule has 0 aliphatic heterocycles. The van der Waals surface area contributed by atoms with E-state index < -0.39 is 0 Å². The van der Waals surface area contributed by atoms with Gasteiger partial charge in [0.2, 0.25) is 0 Å². The largest absolute Gasteiger partial charge is 0.357 e. The van der Waals surface area contributed by atoms with Crippen LogP contribution in [0.5, 0.6) is 0 Å². The predicted octanol–water partition coefficient (Wildman–Crippen LogP) is 2.75. The van der Waals surface area contributed by atoms with Crippen LogP contribution in [0.1, 0.15) is 39.7 Å². The zero-order valence-electron chi connectivity index (χ0n) is 14.6. The number of nitrogens with one attached hydrogen (secondary N) is 1. The summed E-state index contributed by atoms with van der Waals surface area (Å²) < 4.78 is 0. The van der Waals surface area contributed by atoms with Crippen molar-refractivity contribution >= 4 is 5.82 Å². The van der Waals surface area contributed by atoms with E-state index in [0.717, 1.165) is 38.4 Å². The second kappa shape index (κ2) is 8.35. The fourth-order valence-electron chi connectivity index (χ4n) is 2.20. The second-order valence-electron chi connectivity index (χ2n) is 6.83. The van der Waals surface area contributed by atoms with Gasteiger partial charge in [0.15, 0.2) is 0 Å². The van der Waals surface area contributed by atoms with Crippen molar-refractivity contribution in [2.75, 3.05) is 38.6 Å². The van der Waals surface area contributed by atoms with Crippen LogP contribution in [0, 0.1) is 0 Å². The first-order valence-electron chi connectivity index (χ1n) is 7.92. The second-order valence-corrected chi connectivity index (χ2v) is 6.83. The molecule has 1 aromatic rings. The minimum Gasteiger partial charge on any atom is -0.357 e. The van der Waals surface area contributed by atoms with E-state index in [-0.39, 0.29) is 5.54 Å². The third kappa shape index (κ3) is 6.91. The summed E-state index contributed by atoms with van der Waals surface area (Å²) in [5, 5.41) is 3.56. The first-order chi connectivity index (χ1) is 9.83. The van der Waals surface area contributed by atoms with Gasteiger partial charge in [-0.2, -0.15) is 0 Å². The highest BCUT2D eigenvalue weighted by Crippen LogP contribution is 2.18. The van der Waals surface area contributed by atoms with E-state index in [4.69, 9.17) is 0 Å². The normalized spacial score (nSPS) is 12.0. The molecule has 0 unspecified atom stereocenters. The average molecular weight is 292 g/mol. The Balaban J connectivity index is 2.74. The molecule has 0 amide bonds. The van der Waals surface area contributed by atoms with Crippen LogP contribution in [0.3, 0.4) is 0 Å². The molecule has 0 aromatic carbocycles. The number of hydrogen-bond acceptors (Lipinski definition) is 4. The van der Waals surface area contributed by atoms with Crippen molar-refractivity contribution in [2.24, 2.45) is 0 Å². The molecule has 120 valence electrons. The van der Waals surface area contributed by atoms with Gasteiger partial charge in [-0.25, -0.2) is 4.98 Å². The fourth-order valence-corrected chi connectivity index (χ4v) is 2.20. The Hall–Kier alpha value is -1.13. The maximum absolute atomic E-state index is 4.62. The molecule has 0 aliphatic rings. The SMILES string of the molecule is CCN(CCCN(C)C)c1ncccc1CNC(C)(C)C. The third-order valence-corrected chi connectivity index (χ3v) is 3.39. The quantitative estimate of drug-likeness (QED) is 0.798. The van der Waals surface area contributed by atoms with Crippen molar-refractivity contribution in [3.63, 3.8) is 0 Å². The summed E-state index contributed by atoms with van der Waals surface area (Å²) in [4.78, 5) is 9.23. The first kappa shape index (κ1) is 17.9. The molecule has 0 radical (unpaired) electrons. The summed E-state index contributed by atoms with van der Waals surface area (Å²) in [5.41, 5.74) is 1.40. The lowest BCUT2D eigenvalue weighted by Gasteiger charge is -2.27. The Morgan fingerprint density at radius 2 is 1.90 bits per heavy atom. The van der Waals surface area contributed by atoms with E-state index in [9.17, 15) is 0 Å². The van der Waals surface area contributed by atoms with Gasteiger partial charge >= 0.3 is 0 Å². The average Bonchev–Trinajstić information content (AvgIpc) is 2.41. The standard InChI is InChI=1S/C17H32N4/c1-7-21(13-9-12-20(5)6)16-15(10-8-11-18-16)14-19-17(2,3)4/h8,10-11,19H,7,9,12-14H2,1-6H3. The van der Waals surface area contributed by atoms with Crippen molar-refractivity contribution in [3.8, 4) is 0 Å². The van der Waals surface area contributed by atoms with Gasteiger partial charge in [-0.15, -0.1) is 0 Å². The maximum Gasteiger partial charge on any atom is 0.132 e. The lowest BCUT2D eigenvalue weighted by atomic mass is 10.1. The van der Waals surface area contributed by atoms with E-state index in [1.807, 2.05) is 12.3 Å². The zero-order valence-corrected chi connectivity index (χ0v) is 14.6. The van der Waals surface area contributed by atoms with Gasteiger partial charge in [-0.3, -0.25) is 0 Å². The van der Waals surface area contributed by atoms with Crippen LogP contribution in [-0.2, 0) is 6.54 Å². The Labute approximate surface area is 130 Å². The number of nitrogens with zero attached hydrogens (tertiary/aromatic N) is 3. The molecule has 0 fully saturated rings. The molecule has 0 aliphatic carbocycles. The van der Waals surface area contributed by atoms with E-state index in [2.05, 4.69) is 68.0 Å². The van der Waals surface area contributed by atoms with Crippen molar-refractivity contribution < 1.29 is 0 Å². The van der Waals surface area contributed by atoms with Crippen molar-refractivity contribution in [1.29, 1.82) is 0 Å². The van der Waals surface area contributed by atoms with Crippen LogP contribution >= 0.6 is 0 Å². The molecule has 21 heavy (non-hydrogen) atoms. The van der Waals surface area contributed by atoms with Crippen molar-refractivity contribution in [2.45, 2.75) is 46.2 Å². The minimum atomic E-state index is 0.120. The van der Waals surface area contributed by atoms with Gasteiger partial charge in [0.25, 0.3) is 0 Å². The molecule has 0 saturated carbocycles. The predicted molar refractivity (Wildman–Crippen MR) is 91.9 cm³/mol. The molecular weight excluding hydrogens is 260 g/mol. The van der Waals surface area contributed by atoms with Crippen LogP contribution in [0.2, 0.25) is 0 Å². The minimum absolute atomic E-state index is 0.120. The van der Waals surface area contributed by atoms with Gasteiger partial charge in [-0.05, 0) is 60.8 Å². The van der Waals surface area contributed by atoms with Crippen LogP contribution in [-0.4, -0.2) is 49.2 Å². The molecule has 0 spiro atoms. The summed E-state index contributed by atoms with van der Waals surface area (Å²) in [5.74, 6) is 1.12. The van der Waals surface area contributed by atoms with Crippen molar-refractivity contribution in [1.82, 2.24) is 15.2 Å². The summed E-state index contributed by atoms with van der Waals surface area (Å²) in [6.07, 6.45) is 3.05. The van der Waals surface area contributed by atoms with Crippen LogP contribution in [0.25, 0.3) is 0 Å². The number of rotatable bonds is 8. The highest BCUT2D eigenvalue weighted by molar-refractivity contribution is 5.46. The molecule has 1 heterocycles. The number of anilines is 1. The topological polar surface area (TPSA) is 31.4 Å². The van der Waals surface area contributed by atoms with Crippen LogP contribution in [0.4, 0.5) is 5.82 Å². The highest BCUT2D eigenvalue weighted by Gasteiger charge is 2.14. The van der Waals surface area contributed by atoms with Crippen LogP contribution < -0.4 is 10.2 Å². The molecular formula is C17H32N4.